The van der Waals surface area contributed by atoms with E-state index in [9.17, 15) is 14.4 Å². The van der Waals surface area contributed by atoms with Crippen molar-refractivity contribution in [2.24, 2.45) is 0 Å². The molecule has 0 aliphatic rings. The molecule has 0 saturated carbocycles. The molecule has 5 heteroatoms. The van der Waals surface area contributed by atoms with Gasteiger partial charge in [0.05, 0.1) is 0 Å². The lowest BCUT2D eigenvalue weighted by atomic mass is 10.0. The minimum absolute atomic E-state index is 0.0849. The number of hydrogen-bond donors (Lipinski definition) is 1. The van der Waals surface area contributed by atoms with Crippen molar-refractivity contribution < 1.29 is 14.4 Å². The Balaban J connectivity index is 2.98. The number of nitrogens with one attached hydrogen (secondary N) is 1. The maximum atomic E-state index is 12.6. The molecule has 0 spiro atoms. The molecule has 0 aliphatic carbocycles. The summed E-state index contributed by atoms with van der Waals surface area (Å²) < 4.78 is 0. The standard InChI is InChI=1S/C18H26N2O3/c1-11-8-9-14(10-15(11)13(3)21)17(23)20(7)12(2)16(22)19-18(4,5)6/h8-10,12H,1-7H3,(H,19,22)/t12-/m1/s1. The summed E-state index contributed by atoms with van der Waals surface area (Å²) in [6, 6.07) is 4.40. The van der Waals surface area contributed by atoms with Gasteiger partial charge in [-0.2, -0.15) is 0 Å². The van der Waals surface area contributed by atoms with E-state index in [4.69, 9.17) is 0 Å². The molecule has 0 unspecified atom stereocenters. The van der Waals surface area contributed by atoms with E-state index in [0.717, 1.165) is 5.56 Å². The van der Waals surface area contributed by atoms with Gasteiger partial charge in [-0.3, -0.25) is 14.4 Å². The Morgan fingerprint density at radius 3 is 2.22 bits per heavy atom. The van der Waals surface area contributed by atoms with E-state index in [0.29, 0.717) is 11.1 Å². The molecule has 23 heavy (non-hydrogen) atoms. The number of carbonyl (C=O) groups excluding carboxylic acids is 3. The van der Waals surface area contributed by atoms with Crippen molar-refractivity contribution in [1.29, 1.82) is 0 Å². The second-order valence-electron chi connectivity index (χ2n) is 6.92. The van der Waals surface area contributed by atoms with Crippen molar-refractivity contribution in [2.45, 2.75) is 53.1 Å². The first kappa shape index (κ1) is 18.9. The van der Waals surface area contributed by atoms with E-state index in [1.165, 1.54) is 11.8 Å². The van der Waals surface area contributed by atoms with Crippen LogP contribution in [0.1, 0.15) is 60.9 Å². The lowest BCUT2D eigenvalue weighted by Crippen LogP contribution is -2.51. The lowest BCUT2D eigenvalue weighted by molar-refractivity contribution is -0.126. The Kier molecular flexibility index (Phi) is 5.70. The maximum absolute atomic E-state index is 12.6. The molecule has 1 aromatic carbocycles. The maximum Gasteiger partial charge on any atom is 0.254 e. The molecule has 0 aromatic heterocycles. The number of ketones is 1. The van der Waals surface area contributed by atoms with Crippen LogP contribution >= 0.6 is 0 Å². The van der Waals surface area contributed by atoms with Crippen LogP contribution in [0, 0.1) is 6.92 Å². The summed E-state index contributed by atoms with van der Waals surface area (Å²) in [5.41, 5.74) is 1.39. The highest BCUT2D eigenvalue weighted by Crippen LogP contribution is 2.15. The minimum atomic E-state index is -0.608. The average Bonchev–Trinajstić information content (AvgIpc) is 2.43. The highest BCUT2D eigenvalue weighted by molar-refractivity contribution is 6.01. The van der Waals surface area contributed by atoms with Gasteiger partial charge in [-0.25, -0.2) is 0 Å². The fraction of sp³-hybridized carbons (Fsp3) is 0.500. The van der Waals surface area contributed by atoms with Gasteiger partial charge in [0.1, 0.15) is 6.04 Å². The molecular weight excluding hydrogens is 292 g/mol. The number of likely N-dealkylation sites (N-methyl/N-ethyl adjacent to an activating group) is 1. The summed E-state index contributed by atoms with van der Waals surface area (Å²) in [4.78, 5) is 37.8. The Hall–Kier alpha value is -2.17. The summed E-state index contributed by atoms with van der Waals surface area (Å²) in [6.07, 6.45) is 0. The summed E-state index contributed by atoms with van der Waals surface area (Å²) >= 11 is 0. The van der Waals surface area contributed by atoms with Gasteiger partial charge in [0.15, 0.2) is 5.78 Å². The normalized spacial score (nSPS) is 12.5. The molecule has 0 aliphatic heterocycles. The smallest absolute Gasteiger partial charge is 0.254 e. The van der Waals surface area contributed by atoms with E-state index >= 15 is 0 Å². The van der Waals surface area contributed by atoms with Crippen LogP contribution in [0.5, 0.6) is 0 Å². The highest BCUT2D eigenvalue weighted by atomic mass is 16.2. The van der Waals surface area contributed by atoms with Gasteiger partial charge in [-0.1, -0.05) is 6.07 Å². The summed E-state index contributed by atoms with van der Waals surface area (Å²) in [6.45, 7) is 10.6. The monoisotopic (exact) mass is 318 g/mol. The molecule has 126 valence electrons. The number of carbonyl (C=O) groups is 3. The van der Waals surface area contributed by atoms with Crippen LogP contribution < -0.4 is 5.32 Å². The molecular formula is C18H26N2O3. The number of amides is 2. The van der Waals surface area contributed by atoms with Gasteiger partial charge in [-0.05, 0) is 59.2 Å². The van der Waals surface area contributed by atoms with Crippen LogP contribution in [0.15, 0.2) is 18.2 Å². The van der Waals surface area contributed by atoms with Gasteiger partial charge in [-0.15, -0.1) is 0 Å². The average molecular weight is 318 g/mol. The number of benzene rings is 1. The zero-order valence-corrected chi connectivity index (χ0v) is 15.0. The molecule has 1 N–H and O–H groups in total. The number of Topliss-reactive ketones (excluding diaryl/α,β-unsaturated/α-hetero) is 1. The molecule has 5 nitrogen and oxygen atoms in total. The highest BCUT2D eigenvalue weighted by Gasteiger charge is 2.26. The van der Waals surface area contributed by atoms with Crippen LogP contribution in [0.3, 0.4) is 0 Å². The first-order valence-corrected chi connectivity index (χ1v) is 7.65. The van der Waals surface area contributed by atoms with Crippen LogP contribution in [0.4, 0.5) is 0 Å². The van der Waals surface area contributed by atoms with E-state index in [1.807, 2.05) is 27.7 Å². The topological polar surface area (TPSA) is 66.5 Å². The van der Waals surface area contributed by atoms with Crippen molar-refractivity contribution in [3.05, 3.63) is 34.9 Å². The SMILES string of the molecule is CC(=O)c1cc(C(=O)N(C)[C@H](C)C(=O)NC(C)(C)C)ccc1C. The van der Waals surface area contributed by atoms with E-state index in [-0.39, 0.29) is 23.1 Å². The van der Waals surface area contributed by atoms with E-state index < -0.39 is 6.04 Å². The Morgan fingerprint density at radius 1 is 1.17 bits per heavy atom. The van der Waals surface area contributed by atoms with Crippen LogP contribution in [-0.4, -0.2) is 41.1 Å². The second kappa shape index (κ2) is 6.94. The van der Waals surface area contributed by atoms with Gasteiger partial charge < -0.3 is 10.2 Å². The largest absolute Gasteiger partial charge is 0.350 e. The van der Waals surface area contributed by atoms with E-state index in [2.05, 4.69) is 5.32 Å². The molecule has 0 saturated heterocycles. The number of hydrogen-bond acceptors (Lipinski definition) is 3. The first-order valence-electron chi connectivity index (χ1n) is 7.65. The third-order valence-electron chi connectivity index (χ3n) is 3.64. The van der Waals surface area contributed by atoms with Gasteiger partial charge >= 0.3 is 0 Å². The summed E-state index contributed by atoms with van der Waals surface area (Å²) in [5, 5.41) is 2.86. The molecule has 2 amide bonds. The Labute approximate surface area is 138 Å². The van der Waals surface area contributed by atoms with Crippen molar-refractivity contribution >= 4 is 17.6 Å². The second-order valence-corrected chi connectivity index (χ2v) is 6.92. The van der Waals surface area contributed by atoms with Crippen molar-refractivity contribution in [3.63, 3.8) is 0 Å². The molecule has 1 aromatic rings. The molecule has 0 bridgehead atoms. The number of rotatable bonds is 4. The zero-order valence-electron chi connectivity index (χ0n) is 15.0. The van der Waals surface area contributed by atoms with Crippen molar-refractivity contribution in [2.75, 3.05) is 7.05 Å². The fourth-order valence-electron chi connectivity index (χ4n) is 2.16. The third kappa shape index (κ3) is 4.91. The van der Waals surface area contributed by atoms with Crippen LogP contribution in [-0.2, 0) is 4.79 Å². The minimum Gasteiger partial charge on any atom is -0.350 e. The van der Waals surface area contributed by atoms with Crippen LogP contribution in [0.25, 0.3) is 0 Å². The predicted molar refractivity (Wildman–Crippen MR) is 90.6 cm³/mol. The van der Waals surface area contributed by atoms with Gasteiger partial charge in [0.25, 0.3) is 5.91 Å². The Morgan fingerprint density at radius 2 is 1.74 bits per heavy atom. The fourth-order valence-corrected chi connectivity index (χ4v) is 2.16. The number of aryl methyl sites for hydroxylation is 1. The zero-order chi connectivity index (χ0) is 17.9. The molecule has 0 fully saturated rings. The van der Waals surface area contributed by atoms with Crippen molar-refractivity contribution in [1.82, 2.24) is 10.2 Å². The first-order chi connectivity index (χ1) is 10.4. The van der Waals surface area contributed by atoms with E-state index in [1.54, 1.807) is 32.2 Å². The quantitative estimate of drug-likeness (QED) is 0.868. The molecule has 0 heterocycles. The van der Waals surface area contributed by atoms with Crippen molar-refractivity contribution in [3.8, 4) is 0 Å². The van der Waals surface area contributed by atoms with Gasteiger partial charge in [0.2, 0.25) is 5.91 Å². The third-order valence-corrected chi connectivity index (χ3v) is 3.64. The molecule has 1 rings (SSSR count). The lowest BCUT2D eigenvalue weighted by Gasteiger charge is -2.28. The van der Waals surface area contributed by atoms with Crippen LogP contribution in [0.2, 0.25) is 0 Å². The summed E-state index contributed by atoms with van der Waals surface area (Å²) in [5.74, 6) is -0.588. The molecule has 1 atom stereocenters. The van der Waals surface area contributed by atoms with Gasteiger partial charge in [0, 0.05) is 23.7 Å². The Bertz CT molecular complexity index is 630. The number of nitrogens with zero attached hydrogens (tertiary/aromatic N) is 1. The molecule has 0 radical (unpaired) electrons. The predicted octanol–water partition coefficient (Wildman–Crippen LogP) is 2.57. The summed E-state index contributed by atoms with van der Waals surface area (Å²) in [7, 11) is 1.59.